The minimum Gasteiger partial charge on any atom is -0.493 e. The van der Waals surface area contributed by atoms with Gasteiger partial charge in [-0.25, -0.2) is 0 Å². The summed E-state index contributed by atoms with van der Waals surface area (Å²) in [6, 6.07) is 18.5. The molecule has 0 fully saturated rings. The number of carbonyl (C=O) groups excluding carboxylic acids is 1. The van der Waals surface area contributed by atoms with E-state index in [1.54, 1.807) is 24.3 Å². The molecule has 0 unspecified atom stereocenters. The Morgan fingerprint density at radius 2 is 1.53 bits per heavy atom. The van der Waals surface area contributed by atoms with Crippen LogP contribution in [0.4, 0.5) is 11.4 Å². The molecule has 6 nitrogen and oxygen atoms in total. The zero-order valence-electron chi connectivity index (χ0n) is 17.0. The molecule has 0 aliphatic rings. The van der Waals surface area contributed by atoms with Crippen molar-refractivity contribution in [3.05, 3.63) is 76.8 Å². The predicted molar refractivity (Wildman–Crippen MR) is 119 cm³/mol. The molecule has 0 heterocycles. The summed E-state index contributed by atoms with van der Waals surface area (Å²) in [5.41, 5.74) is 2.80. The number of methoxy groups -OCH3 is 3. The van der Waals surface area contributed by atoms with Crippen LogP contribution in [0.5, 0.6) is 17.2 Å². The molecule has 2 N–H and O–H groups in total. The van der Waals surface area contributed by atoms with Gasteiger partial charge in [-0.15, -0.1) is 0 Å². The minimum absolute atomic E-state index is 0.334. The van der Waals surface area contributed by atoms with Crippen molar-refractivity contribution in [1.29, 1.82) is 0 Å². The fourth-order valence-corrected chi connectivity index (χ4v) is 3.15. The van der Waals surface area contributed by atoms with Crippen molar-refractivity contribution in [1.82, 2.24) is 0 Å². The normalized spacial score (nSPS) is 10.3. The molecule has 0 saturated carbocycles. The molecule has 3 aromatic rings. The maximum Gasteiger partial charge on any atom is 0.255 e. The van der Waals surface area contributed by atoms with E-state index in [9.17, 15) is 4.79 Å². The predicted octanol–water partition coefficient (Wildman–Crippen LogP) is 5.23. The highest BCUT2D eigenvalue weighted by Crippen LogP contribution is 2.38. The van der Waals surface area contributed by atoms with Crippen LogP contribution in [0.15, 0.2) is 60.7 Å². The number of hydrogen-bond donors (Lipinski definition) is 2. The fraction of sp³-hybridized carbons (Fsp3) is 0.174. The molecule has 156 valence electrons. The van der Waals surface area contributed by atoms with Crippen LogP contribution in [0.3, 0.4) is 0 Å². The lowest BCUT2D eigenvalue weighted by Gasteiger charge is -2.16. The number of carbonyl (C=O) groups is 1. The molecule has 0 radical (unpaired) electrons. The summed E-state index contributed by atoms with van der Waals surface area (Å²) in [6.45, 7) is 0.607. The van der Waals surface area contributed by atoms with Crippen LogP contribution in [0.25, 0.3) is 0 Å². The number of halogens is 1. The lowest BCUT2D eigenvalue weighted by Crippen LogP contribution is -2.14. The highest BCUT2D eigenvalue weighted by atomic mass is 35.5. The number of hydrogen-bond acceptors (Lipinski definition) is 5. The van der Waals surface area contributed by atoms with Crippen LogP contribution in [0.2, 0.25) is 5.02 Å². The Balaban J connectivity index is 1.85. The van der Waals surface area contributed by atoms with Crippen LogP contribution < -0.4 is 24.8 Å². The monoisotopic (exact) mass is 426 g/mol. The van der Waals surface area contributed by atoms with Gasteiger partial charge in [0.1, 0.15) is 0 Å². The van der Waals surface area contributed by atoms with Crippen LogP contribution >= 0.6 is 11.6 Å². The summed E-state index contributed by atoms with van der Waals surface area (Å²) < 4.78 is 16.0. The SMILES string of the molecule is COc1cc(C(=O)Nc2cc(Cl)ccc2NCc2ccccc2)cc(OC)c1OC. The molecule has 30 heavy (non-hydrogen) atoms. The quantitative estimate of drug-likeness (QED) is 0.516. The third-order valence-corrected chi connectivity index (χ3v) is 4.72. The van der Waals surface area contributed by atoms with Gasteiger partial charge in [0.25, 0.3) is 5.91 Å². The highest BCUT2D eigenvalue weighted by molar-refractivity contribution is 6.31. The molecule has 0 aliphatic carbocycles. The second-order valence-corrected chi connectivity index (χ2v) is 6.83. The third kappa shape index (κ3) is 4.96. The summed E-state index contributed by atoms with van der Waals surface area (Å²) in [4.78, 5) is 13.0. The van der Waals surface area contributed by atoms with Crippen molar-refractivity contribution in [3.8, 4) is 17.2 Å². The third-order valence-electron chi connectivity index (χ3n) is 4.48. The van der Waals surface area contributed by atoms with Crippen molar-refractivity contribution in [3.63, 3.8) is 0 Å². The summed E-state index contributed by atoms with van der Waals surface area (Å²) in [7, 11) is 4.51. The van der Waals surface area contributed by atoms with Crippen LogP contribution in [-0.2, 0) is 6.54 Å². The second-order valence-electron chi connectivity index (χ2n) is 6.40. The van der Waals surface area contributed by atoms with Gasteiger partial charge in [-0.1, -0.05) is 41.9 Å². The van der Waals surface area contributed by atoms with E-state index in [1.165, 1.54) is 21.3 Å². The largest absolute Gasteiger partial charge is 0.493 e. The number of benzene rings is 3. The molecule has 0 spiro atoms. The van der Waals surface area contributed by atoms with Crippen LogP contribution in [0, 0.1) is 0 Å². The van der Waals surface area contributed by atoms with Gasteiger partial charge in [0.2, 0.25) is 5.75 Å². The standard InChI is InChI=1S/C23H23ClN2O4/c1-28-20-11-16(12-21(29-2)22(20)30-3)23(27)26-19-13-17(24)9-10-18(19)25-14-15-7-5-4-6-8-15/h4-13,25H,14H2,1-3H3,(H,26,27). The molecule has 7 heteroatoms. The molecular weight excluding hydrogens is 404 g/mol. The van der Waals surface area contributed by atoms with Crippen molar-refractivity contribution in [2.75, 3.05) is 32.0 Å². The molecule has 3 aromatic carbocycles. The molecule has 3 rings (SSSR count). The average molecular weight is 427 g/mol. The van der Waals surface area contributed by atoms with Gasteiger partial charge in [0.15, 0.2) is 11.5 Å². The van der Waals surface area contributed by atoms with E-state index in [0.29, 0.717) is 40.1 Å². The van der Waals surface area contributed by atoms with Crippen molar-refractivity contribution < 1.29 is 19.0 Å². The topological polar surface area (TPSA) is 68.8 Å². The Morgan fingerprint density at radius 3 is 2.13 bits per heavy atom. The van der Waals surface area contributed by atoms with Crippen molar-refractivity contribution >= 4 is 28.9 Å². The number of rotatable bonds is 8. The van der Waals surface area contributed by atoms with Crippen LogP contribution in [0.1, 0.15) is 15.9 Å². The smallest absolute Gasteiger partial charge is 0.255 e. The number of ether oxygens (including phenoxy) is 3. The molecule has 0 aliphatic heterocycles. The molecule has 0 atom stereocenters. The van der Waals surface area contributed by atoms with E-state index in [0.717, 1.165) is 11.3 Å². The highest BCUT2D eigenvalue weighted by Gasteiger charge is 2.18. The van der Waals surface area contributed by atoms with Gasteiger partial charge < -0.3 is 24.8 Å². The molecule has 0 bridgehead atoms. The zero-order chi connectivity index (χ0) is 21.5. The summed E-state index contributed by atoms with van der Waals surface area (Å²) in [5, 5.41) is 6.75. The first-order valence-corrected chi connectivity index (χ1v) is 9.62. The van der Waals surface area contributed by atoms with E-state index in [1.807, 2.05) is 36.4 Å². The van der Waals surface area contributed by atoms with Gasteiger partial charge in [-0.2, -0.15) is 0 Å². The summed E-state index contributed by atoms with van der Waals surface area (Å²) in [6.07, 6.45) is 0. The number of nitrogens with one attached hydrogen (secondary N) is 2. The lowest BCUT2D eigenvalue weighted by atomic mass is 10.1. The first-order valence-electron chi connectivity index (χ1n) is 9.24. The maximum absolute atomic E-state index is 13.0. The van der Waals surface area contributed by atoms with E-state index < -0.39 is 0 Å². The Morgan fingerprint density at radius 1 is 0.867 bits per heavy atom. The van der Waals surface area contributed by atoms with E-state index in [-0.39, 0.29) is 5.91 Å². The average Bonchev–Trinajstić information content (AvgIpc) is 2.78. The number of anilines is 2. The Bertz CT molecular complexity index is 1000. The number of amides is 1. The molecular formula is C23H23ClN2O4. The van der Waals surface area contributed by atoms with E-state index >= 15 is 0 Å². The van der Waals surface area contributed by atoms with Gasteiger partial charge in [-0.3, -0.25) is 4.79 Å². The molecule has 0 saturated heterocycles. The second kappa shape index (κ2) is 9.89. The Kier molecular flexibility index (Phi) is 7.03. The van der Waals surface area contributed by atoms with Crippen molar-refractivity contribution in [2.45, 2.75) is 6.54 Å². The van der Waals surface area contributed by atoms with Gasteiger partial charge >= 0.3 is 0 Å². The van der Waals surface area contributed by atoms with Crippen LogP contribution in [-0.4, -0.2) is 27.2 Å². The van der Waals surface area contributed by atoms with E-state index in [4.69, 9.17) is 25.8 Å². The summed E-state index contributed by atoms with van der Waals surface area (Å²) in [5.74, 6) is 0.884. The zero-order valence-corrected chi connectivity index (χ0v) is 17.7. The van der Waals surface area contributed by atoms with E-state index in [2.05, 4.69) is 10.6 Å². The fourth-order valence-electron chi connectivity index (χ4n) is 2.97. The summed E-state index contributed by atoms with van der Waals surface area (Å²) >= 11 is 6.16. The van der Waals surface area contributed by atoms with Gasteiger partial charge in [0, 0.05) is 17.1 Å². The lowest BCUT2D eigenvalue weighted by molar-refractivity contribution is 0.102. The Labute approximate surface area is 180 Å². The maximum atomic E-state index is 13.0. The van der Waals surface area contributed by atoms with Gasteiger partial charge in [0.05, 0.1) is 32.7 Å². The van der Waals surface area contributed by atoms with Crippen molar-refractivity contribution in [2.24, 2.45) is 0 Å². The Hall–Kier alpha value is -3.38. The minimum atomic E-state index is -0.334. The molecule has 1 amide bonds. The molecule has 0 aromatic heterocycles. The first-order chi connectivity index (χ1) is 14.5. The first kappa shape index (κ1) is 21.3. The van der Waals surface area contributed by atoms with Gasteiger partial charge in [-0.05, 0) is 35.9 Å².